The highest BCUT2D eigenvalue weighted by Crippen LogP contribution is 2.22. The highest BCUT2D eigenvalue weighted by Gasteiger charge is 2.32. The molecular formula is C9H17N5O2. The maximum Gasteiger partial charge on any atom is 0.245 e. The Morgan fingerprint density at radius 3 is 2.75 bits per heavy atom. The van der Waals surface area contributed by atoms with Gasteiger partial charge in [-0.2, -0.15) is 0 Å². The van der Waals surface area contributed by atoms with E-state index in [-0.39, 0.29) is 0 Å². The summed E-state index contributed by atoms with van der Waals surface area (Å²) in [7, 11) is 3.65. The molecular weight excluding hydrogens is 210 g/mol. The lowest BCUT2D eigenvalue weighted by Crippen LogP contribution is -2.46. The number of hydrogen-bond acceptors (Lipinski definition) is 6. The number of nitrogens with zero attached hydrogens (tertiary/aromatic N) is 5. The molecule has 1 aromatic rings. The van der Waals surface area contributed by atoms with Gasteiger partial charge in [-0.3, -0.25) is 0 Å². The zero-order chi connectivity index (χ0) is 11.6. The van der Waals surface area contributed by atoms with E-state index in [0.717, 1.165) is 0 Å². The summed E-state index contributed by atoms with van der Waals surface area (Å²) in [5.74, 6) is 0.653. The van der Waals surface area contributed by atoms with E-state index < -0.39 is 5.60 Å². The Hall–Kier alpha value is -1.21. The largest absolute Gasteiger partial charge is 0.388 e. The average molecular weight is 227 g/mol. The first-order valence-electron chi connectivity index (χ1n) is 5.34. The van der Waals surface area contributed by atoms with Crippen LogP contribution >= 0.6 is 0 Å². The first-order chi connectivity index (χ1) is 7.61. The number of rotatable bonds is 3. The zero-order valence-corrected chi connectivity index (χ0v) is 9.63. The fourth-order valence-corrected chi connectivity index (χ4v) is 1.97. The summed E-state index contributed by atoms with van der Waals surface area (Å²) in [6.45, 7) is 1.74. The number of anilines is 1. The Balaban J connectivity index is 2.01. The summed E-state index contributed by atoms with van der Waals surface area (Å²) in [6, 6.07) is 0. The van der Waals surface area contributed by atoms with Crippen molar-refractivity contribution in [1.29, 1.82) is 0 Å². The van der Waals surface area contributed by atoms with Gasteiger partial charge in [0.25, 0.3) is 0 Å². The molecule has 7 nitrogen and oxygen atoms in total. The molecule has 0 radical (unpaired) electrons. The molecule has 0 spiro atoms. The summed E-state index contributed by atoms with van der Waals surface area (Å²) >= 11 is 0. The van der Waals surface area contributed by atoms with Crippen LogP contribution in [0.3, 0.4) is 0 Å². The SMILES string of the molecule is CN(CC1(O)CCOCC1)c1nnnn1C. The van der Waals surface area contributed by atoms with E-state index in [1.807, 2.05) is 11.9 Å². The number of ether oxygens (including phenoxy) is 1. The van der Waals surface area contributed by atoms with Gasteiger partial charge in [-0.1, -0.05) is 5.10 Å². The lowest BCUT2D eigenvalue weighted by molar-refractivity contribution is -0.0574. The van der Waals surface area contributed by atoms with Gasteiger partial charge in [0.2, 0.25) is 5.95 Å². The maximum atomic E-state index is 10.3. The summed E-state index contributed by atoms with van der Waals surface area (Å²) < 4.78 is 6.82. The fraction of sp³-hybridized carbons (Fsp3) is 0.889. The predicted molar refractivity (Wildman–Crippen MR) is 57.1 cm³/mol. The van der Waals surface area contributed by atoms with E-state index in [1.165, 1.54) is 0 Å². The van der Waals surface area contributed by atoms with E-state index in [4.69, 9.17) is 4.74 Å². The van der Waals surface area contributed by atoms with Crippen LogP contribution < -0.4 is 4.90 Å². The van der Waals surface area contributed by atoms with Gasteiger partial charge in [0.05, 0.1) is 5.60 Å². The summed E-state index contributed by atoms with van der Waals surface area (Å²) in [6.07, 6.45) is 1.31. The Bertz CT molecular complexity index is 347. The molecule has 0 unspecified atom stereocenters. The van der Waals surface area contributed by atoms with Crippen molar-refractivity contribution in [2.45, 2.75) is 18.4 Å². The monoisotopic (exact) mass is 227 g/mol. The van der Waals surface area contributed by atoms with Crippen LogP contribution in [0.15, 0.2) is 0 Å². The van der Waals surface area contributed by atoms with Crippen molar-refractivity contribution in [3.8, 4) is 0 Å². The number of aromatic nitrogens is 4. The number of aliphatic hydroxyl groups is 1. The second-order valence-corrected chi connectivity index (χ2v) is 4.30. The van der Waals surface area contributed by atoms with Crippen molar-refractivity contribution < 1.29 is 9.84 Å². The number of tetrazole rings is 1. The number of hydrogen-bond donors (Lipinski definition) is 1. The van der Waals surface area contributed by atoms with Gasteiger partial charge in [0.15, 0.2) is 0 Å². The third-order valence-corrected chi connectivity index (χ3v) is 2.89. The Kier molecular flexibility index (Phi) is 3.06. The van der Waals surface area contributed by atoms with Crippen molar-refractivity contribution in [2.24, 2.45) is 7.05 Å². The summed E-state index contributed by atoms with van der Waals surface area (Å²) in [4.78, 5) is 1.87. The van der Waals surface area contributed by atoms with Crippen molar-refractivity contribution in [3.05, 3.63) is 0 Å². The zero-order valence-electron chi connectivity index (χ0n) is 9.63. The van der Waals surface area contributed by atoms with Crippen molar-refractivity contribution in [3.63, 3.8) is 0 Å². The molecule has 0 aromatic carbocycles. The van der Waals surface area contributed by atoms with Gasteiger partial charge in [0, 0.05) is 46.7 Å². The van der Waals surface area contributed by atoms with Gasteiger partial charge in [-0.25, -0.2) is 4.68 Å². The number of likely N-dealkylation sites (N-methyl/N-ethyl adjacent to an activating group) is 1. The smallest absolute Gasteiger partial charge is 0.245 e. The first kappa shape index (κ1) is 11.3. The third-order valence-electron chi connectivity index (χ3n) is 2.89. The number of aryl methyl sites for hydroxylation is 1. The van der Waals surface area contributed by atoms with E-state index in [9.17, 15) is 5.11 Å². The maximum absolute atomic E-state index is 10.3. The predicted octanol–water partition coefficient (Wildman–Crippen LogP) is -0.812. The molecule has 0 amide bonds. The molecule has 2 rings (SSSR count). The van der Waals surface area contributed by atoms with E-state index in [1.54, 1.807) is 11.7 Å². The minimum Gasteiger partial charge on any atom is -0.388 e. The summed E-state index contributed by atoms with van der Waals surface area (Å²) in [5.41, 5.74) is -0.695. The second kappa shape index (κ2) is 4.34. The van der Waals surface area contributed by atoms with Crippen LogP contribution in [0.25, 0.3) is 0 Å². The molecule has 1 aliphatic heterocycles. The molecule has 0 bridgehead atoms. The topological polar surface area (TPSA) is 76.3 Å². The Labute approximate surface area is 94.0 Å². The molecule has 1 aromatic heterocycles. The molecule has 16 heavy (non-hydrogen) atoms. The molecule has 1 aliphatic rings. The molecule has 0 atom stereocenters. The lowest BCUT2D eigenvalue weighted by atomic mass is 9.94. The van der Waals surface area contributed by atoms with E-state index in [0.29, 0.717) is 38.5 Å². The minimum absolute atomic E-state index is 0.518. The molecule has 1 fully saturated rings. The molecule has 7 heteroatoms. The lowest BCUT2D eigenvalue weighted by Gasteiger charge is -2.35. The van der Waals surface area contributed by atoms with Crippen LogP contribution in [0.1, 0.15) is 12.8 Å². The first-order valence-corrected chi connectivity index (χ1v) is 5.34. The molecule has 0 aliphatic carbocycles. The Morgan fingerprint density at radius 2 is 2.19 bits per heavy atom. The second-order valence-electron chi connectivity index (χ2n) is 4.30. The van der Waals surface area contributed by atoms with Crippen LogP contribution in [0, 0.1) is 0 Å². The van der Waals surface area contributed by atoms with Crippen molar-refractivity contribution >= 4 is 5.95 Å². The molecule has 0 saturated carbocycles. The standard InChI is InChI=1S/C9H17N5O2/c1-13(8-10-11-12-14(8)2)7-9(15)3-5-16-6-4-9/h15H,3-7H2,1-2H3. The van der Waals surface area contributed by atoms with Gasteiger partial charge in [-0.15, -0.1) is 0 Å². The van der Waals surface area contributed by atoms with Gasteiger partial charge in [-0.05, 0) is 10.4 Å². The van der Waals surface area contributed by atoms with Crippen LogP contribution in [-0.2, 0) is 11.8 Å². The quantitative estimate of drug-likeness (QED) is 0.727. The van der Waals surface area contributed by atoms with Gasteiger partial charge in [0.1, 0.15) is 0 Å². The normalized spacial score (nSPS) is 19.7. The highest BCUT2D eigenvalue weighted by molar-refractivity contribution is 5.26. The highest BCUT2D eigenvalue weighted by atomic mass is 16.5. The summed E-state index contributed by atoms with van der Waals surface area (Å²) in [5, 5.41) is 21.6. The fourth-order valence-electron chi connectivity index (χ4n) is 1.97. The van der Waals surface area contributed by atoms with Crippen molar-refractivity contribution in [1.82, 2.24) is 20.2 Å². The molecule has 1 N–H and O–H groups in total. The van der Waals surface area contributed by atoms with Crippen LogP contribution in [0.5, 0.6) is 0 Å². The van der Waals surface area contributed by atoms with Crippen LogP contribution in [-0.4, -0.2) is 57.7 Å². The molecule has 2 heterocycles. The van der Waals surface area contributed by atoms with Crippen LogP contribution in [0.4, 0.5) is 5.95 Å². The molecule has 1 saturated heterocycles. The average Bonchev–Trinajstić information content (AvgIpc) is 2.65. The van der Waals surface area contributed by atoms with E-state index in [2.05, 4.69) is 15.5 Å². The van der Waals surface area contributed by atoms with Crippen LogP contribution in [0.2, 0.25) is 0 Å². The molecule has 90 valence electrons. The van der Waals surface area contributed by atoms with E-state index >= 15 is 0 Å². The third kappa shape index (κ3) is 2.30. The van der Waals surface area contributed by atoms with Gasteiger partial charge < -0.3 is 14.7 Å². The minimum atomic E-state index is -0.695. The van der Waals surface area contributed by atoms with Gasteiger partial charge >= 0.3 is 0 Å². The Morgan fingerprint density at radius 1 is 1.50 bits per heavy atom. The van der Waals surface area contributed by atoms with Crippen molar-refractivity contribution in [2.75, 3.05) is 31.7 Å².